The molecule has 176 valence electrons. The summed E-state index contributed by atoms with van der Waals surface area (Å²) >= 11 is 1.20. The standard InChI is InChI=1S/C24H22FN3O5S/c1-32-19-8-5-16(11-20(19)33-2)12-26-21(29)14-27-18-9-10-34-22(18)23(30)28(24(27)31)13-15-3-6-17(25)7-4-15/h3-11H,12-14H2,1-2H3,(H,26,29). The number of hydrogen-bond donors (Lipinski definition) is 1. The first kappa shape index (κ1) is 23.2. The third kappa shape index (κ3) is 4.72. The van der Waals surface area contributed by atoms with Gasteiger partial charge in [-0.3, -0.25) is 18.7 Å². The van der Waals surface area contributed by atoms with E-state index in [0.717, 1.165) is 10.1 Å². The summed E-state index contributed by atoms with van der Waals surface area (Å²) in [4.78, 5) is 38.8. The minimum Gasteiger partial charge on any atom is -0.493 e. The van der Waals surface area contributed by atoms with Crippen LogP contribution in [-0.2, 0) is 24.4 Å². The molecule has 8 nitrogen and oxygen atoms in total. The maximum Gasteiger partial charge on any atom is 0.332 e. The van der Waals surface area contributed by atoms with Gasteiger partial charge in [0.05, 0.1) is 26.3 Å². The predicted molar refractivity (Wildman–Crippen MR) is 127 cm³/mol. The minimum absolute atomic E-state index is 0.0287. The quantitative estimate of drug-likeness (QED) is 0.416. The van der Waals surface area contributed by atoms with Crippen LogP contribution in [0, 0.1) is 5.82 Å². The van der Waals surface area contributed by atoms with E-state index in [9.17, 15) is 18.8 Å². The number of benzene rings is 2. The van der Waals surface area contributed by atoms with E-state index >= 15 is 0 Å². The van der Waals surface area contributed by atoms with Gasteiger partial charge in [-0.2, -0.15) is 0 Å². The molecule has 0 aliphatic carbocycles. The number of thiophene rings is 1. The molecule has 2 aromatic carbocycles. The van der Waals surface area contributed by atoms with E-state index in [0.29, 0.717) is 27.3 Å². The van der Waals surface area contributed by atoms with Crippen molar-refractivity contribution >= 4 is 27.5 Å². The zero-order valence-corrected chi connectivity index (χ0v) is 19.4. The van der Waals surface area contributed by atoms with Crippen LogP contribution in [0.2, 0.25) is 0 Å². The van der Waals surface area contributed by atoms with Crippen LogP contribution in [0.3, 0.4) is 0 Å². The van der Waals surface area contributed by atoms with Crippen molar-refractivity contribution in [2.75, 3.05) is 14.2 Å². The largest absolute Gasteiger partial charge is 0.493 e. The predicted octanol–water partition coefficient (Wildman–Crippen LogP) is 2.75. The molecule has 1 amide bonds. The van der Waals surface area contributed by atoms with Gasteiger partial charge in [0.25, 0.3) is 5.56 Å². The Morgan fingerprint density at radius 2 is 1.68 bits per heavy atom. The number of nitrogens with one attached hydrogen (secondary N) is 1. The number of carbonyl (C=O) groups excluding carboxylic acids is 1. The van der Waals surface area contributed by atoms with Crippen molar-refractivity contribution in [3.05, 3.63) is 91.7 Å². The number of carbonyl (C=O) groups is 1. The molecule has 0 atom stereocenters. The summed E-state index contributed by atoms with van der Waals surface area (Å²) in [6.07, 6.45) is 0. The molecule has 0 unspecified atom stereocenters. The molecule has 0 bridgehead atoms. The van der Waals surface area contributed by atoms with Crippen LogP contribution in [0.1, 0.15) is 11.1 Å². The smallest absolute Gasteiger partial charge is 0.332 e. The molecular weight excluding hydrogens is 461 g/mol. The van der Waals surface area contributed by atoms with Crippen molar-refractivity contribution in [2.24, 2.45) is 0 Å². The van der Waals surface area contributed by atoms with Crippen LogP contribution in [-0.4, -0.2) is 29.3 Å². The Balaban J connectivity index is 1.58. The number of halogens is 1. The Kier molecular flexibility index (Phi) is 6.78. The summed E-state index contributed by atoms with van der Waals surface area (Å²) in [5, 5.41) is 4.49. The highest BCUT2D eigenvalue weighted by Crippen LogP contribution is 2.27. The molecule has 0 radical (unpaired) electrons. The van der Waals surface area contributed by atoms with Crippen molar-refractivity contribution in [2.45, 2.75) is 19.6 Å². The summed E-state index contributed by atoms with van der Waals surface area (Å²) in [5.74, 6) is 0.315. The highest BCUT2D eigenvalue weighted by atomic mass is 32.1. The second-order valence-electron chi connectivity index (χ2n) is 7.49. The number of nitrogens with zero attached hydrogens (tertiary/aromatic N) is 2. The van der Waals surface area contributed by atoms with E-state index in [1.807, 2.05) is 0 Å². The fourth-order valence-corrected chi connectivity index (χ4v) is 4.43. The van der Waals surface area contributed by atoms with Crippen LogP contribution >= 0.6 is 11.3 Å². The summed E-state index contributed by atoms with van der Waals surface area (Å²) in [7, 11) is 3.07. The Hall–Kier alpha value is -3.92. The van der Waals surface area contributed by atoms with Gasteiger partial charge in [0.1, 0.15) is 17.1 Å². The molecule has 0 saturated heterocycles. The van der Waals surface area contributed by atoms with Gasteiger partial charge in [0.2, 0.25) is 5.91 Å². The highest BCUT2D eigenvalue weighted by molar-refractivity contribution is 7.17. The minimum atomic E-state index is -0.610. The van der Waals surface area contributed by atoms with Gasteiger partial charge in [-0.15, -0.1) is 11.3 Å². The lowest BCUT2D eigenvalue weighted by Gasteiger charge is -2.13. The van der Waals surface area contributed by atoms with E-state index in [4.69, 9.17) is 9.47 Å². The van der Waals surface area contributed by atoms with Crippen LogP contribution in [0.5, 0.6) is 11.5 Å². The maximum absolute atomic E-state index is 13.2. The summed E-state index contributed by atoms with van der Waals surface area (Å²) in [6.45, 7) is -0.0714. The van der Waals surface area contributed by atoms with Gasteiger partial charge < -0.3 is 14.8 Å². The maximum atomic E-state index is 13.2. The van der Waals surface area contributed by atoms with Gasteiger partial charge in [0, 0.05) is 6.54 Å². The molecule has 10 heteroatoms. The summed E-state index contributed by atoms with van der Waals surface area (Å²) in [6, 6.07) is 12.5. The molecule has 0 aliphatic heterocycles. The van der Waals surface area contributed by atoms with Gasteiger partial charge in [-0.25, -0.2) is 9.18 Å². The average Bonchev–Trinajstić information content (AvgIpc) is 3.34. The molecule has 0 saturated carbocycles. The SMILES string of the molecule is COc1ccc(CNC(=O)Cn2c(=O)n(Cc3ccc(F)cc3)c(=O)c3sccc32)cc1OC. The Morgan fingerprint density at radius 3 is 2.38 bits per heavy atom. The van der Waals surface area contributed by atoms with Crippen molar-refractivity contribution < 1.29 is 18.7 Å². The third-order valence-electron chi connectivity index (χ3n) is 5.33. The first-order chi connectivity index (χ1) is 16.4. The topological polar surface area (TPSA) is 91.6 Å². The number of hydrogen-bond acceptors (Lipinski definition) is 6. The average molecular weight is 484 g/mol. The second-order valence-corrected chi connectivity index (χ2v) is 8.40. The van der Waals surface area contributed by atoms with Crippen molar-refractivity contribution in [3.63, 3.8) is 0 Å². The number of rotatable bonds is 8. The number of ether oxygens (including phenoxy) is 2. The molecule has 2 aromatic heterocycles. The first-order valence-corrected chi connectivity index (χ1v) is 11.2. The molecule has 4 aromatic rings. The molecule has 0 fully saturated rings. The zero-order chi connectivity index (χ0) is 24.2. The third-order valence-corrected chi connectivity index (χ3v) is 6.22. The fourth-order valence-electron chi connectivity index (χ4n) is 3.59. The lowest BCUT2D eigenvalue weighted by molar-refractivity contribution is -0.121. The van der Waals surface area contributed by atoms with Gasteiger partial charge in [0.15, 0.2) is 11.5 Å². The summed E-state index contributed by atoms with van der Waals surface area (Å²) in [5.41, 5.74) is 0.737. The van der Waals surface area contributed by atoms with Crippen molar-refractivity contribution in [1.82, 2.24) is 14.5 Å². The molecule has 2 heterocycles. The van der Waals surface area contributed by atoms with Gasteiger partial charge in [-0.1, -0.05) is 18.2 Å². The van der Waals surface area contributed by atoms with Crippen LogP contribution in [0.25, 0.3) is 10.2 Å². The number of aromatic nitrogens is 2. The monoisotopic (exact) mass is 483 g/mol. The number of fused-ring (bicyclic) bond motifs is 1. The zero-order valence-electron chi connectivity index (χ0n) is 18.5. The van der Waals surface area contributed by atoms with E-state index < -0.39 is 23.0 Å². The molecule has 0 aliphatic rings. The lowest BCUT2D eigenvalue weighted by Crippen LogP contribution is -2.42. The van der Waals surface area contributed by atoms with Crippen molar-refractivity contribution in [1.29, 1.82) is 0 Å². The molecule has 4 rings (SSSR count). The van der Waals surface area contributed by atoms with Gasteiger partial charge >= 0.3 is 5.69 Å². The molecule has 1 N–H and O–H groups in total. The van der Waals surface area contributed by atoms with E-state index in [2.05, 4.69) is 5.32 Å². The van der Waals surface area contributed by atoms with Crippen molar-refractivity contribution in [3.8, 4) is 11.5 Å². The molecular formula is C24H22FN3O5S. The Labute approximate surface area is 197 Å². The molecule has 34 heavy (non-hydrogen) atoms. The Bertz CT molecular complexity index is 1460. The highest BCUT2D eigenvalue weighted by Gasteiger charge is 2.17. The van der Waals surface area contributed by atoms with E-state index in [1.165, 1.54) is 54.4 Å². The fraction of sp³-hybridized carbons (Fsp3) is 0.208. The number of methoxy groups -OCH3 is 2. The molecule has 0 spiro atoms. The van der Waals surface area contributed by atoms with E-state index in [-0.39, 0.29) is 19.6 Å². The van der Waals surface area contributed by atoms with Crippen LogP contribution in [0.15, 0.2) is 63.5 Å². The normalized spacial score (nSPS) is 10.9. The van der Waals surface area contributed by atoms with Gasteiger partial charge in [-0.05, 0) is 46.8 Å². The summed E-state index contributed by atoms with van der Waals surface area (Å²) < 4.78 is 26.4. The number of amides is 1. The second kappa shape index (κ2) is 9.92. The Morgan fingerprint density at radius 1 is 0.971 bits per heavy atom. The lowest BCUT2D eigenvalue weighted by atomic mass is 10.2. The first-order valence-electron chi connectivity index (χ1n) is 10.3. The van der Waals surface area contributed by atoms with E-state index in [1.54, 1.807) is 29.6 Å². The van der Waals surface area contributed by atoms with Crippen LogP contribution < -0.4 is 26.0 Å². The van der Waals surface area contributed by atoms with Crippen LogP contribution in [0.4, 0.5) is 4.39 Å².